The summed E-state index contributed by atoms with van der Waals surface area (Å²) in [6.07, 6.45) is 4.23. The molecule has 0 saturated heterocycles. The van der Waals surface area contributed by atoms with E-state index in [0.717, 1.165) is 16.5 Å². The molecule has 1 atom stereocenters. The molecule has 0 fully saturated rings. The van der Waals surface area contributed by atoms with Gasteiger partial charge >= 0.3 is 0 Å². The third kappa shape index (κ3) is 3.40. The van der Waals surface area contributed by atoms with Gasteiger partial charge in [0.25, 0.3) is 0 Å². The van der Waals surface area contributed by atoms with Gasteiger partial charge in [0, 0.05) is 28.3 Å². The number of rotatable bonds is 4. The molecule has 0 aliphatic heterocycles. The Hall–Kier alpha value is -1.20. The van der Waals surface area contributed by atoms with Gasteiger partial charge in [0.1, 0.15) is 0 Å². The van der Waals surface area contributed by atoms with Crippen molar-refractivity contribution in [3.05, 3.63) is 52.8 Å². The number of aryl methyl sites for hydroxylation is 1. The lowest BCUT2D eigenvalue weighted by molar-refractivity contribution is 0.682. The summed E-state index contributed by atoms with van der Waals surface area (Å²) in [7, 11) is -1.08. The van der Waals surface area contributed by atoms with E-state index in [1.807, 2.05) is 24.3 Å². The topological polar surface area (TPSA) is 56.0 Å². The third-order valence-corrected chi connectivity index (χ3v) is 4.46. The van der Waals surface area contributed by atoms with Crippen LogP contribution in [0.15, 0.2) is 52.1 Å². The zero-order valence-corrected chi connectivity index (χ0v) is 12.1. The first-order chi connectivity index (χ1) is 8.66. The smallest absolute Gasteiger partial charge is 0.0628 e. The molecule has 2 N–H and O–H groups in total. The van der Waals surface area contributed by atoms with E-state index in [-0.39, 0.29) is 0 Å². The molecule has 1 unspecified atom stereocenters. The lowest BCUT2D eigenvalue weighted by Gasteiger charge is -2.06. The summed E-state index contributed by atoms with van der Waals surface area (Å²) in [4.78, 5) is 4.65. The van der Waals surface area contributed by atoms with Crippen molar-refractivity contribution < 1.29 is 4.21 Å². The Balaban J connectivity index is 2.06. The number of nitrogen functional groups attached to an aromatic ring is 1. The lowest BCUT2D eigenvalue weighted by atomic mass is 10.2. The van der Waals surface area contributed by atoms with Crippen molar-refractivity contribution in [1.82, 2.24) is 4.98 Å². The molecule has 1 aromatic carbocycles. The van der Waals surface area contributed by atoms with Crippen molar-refractivity contribution in [2.24, 2.45) is 0 Å². The quantitative estimate of drug-likeness (QED) is 0.880. The van der Waals surface area contributed by atoms with Gasteiger partial charge in [-0.1, -0.05) is 15.9 Å². The monoisotopic (exact) mass is 324 g/mol. The van der Waals surface area contributed by atoms with Gasteiger partial charge in [0.05, 0.1) is 15.7 Å². The van der Waals surface area contributed by atoms with Gasteiger partial charge in [-0.3, -0.25) is 9.19 Å². The van der Waals surface area contributed by atoms with Gasteiger partial charge in [-0.05, 0) is 42.3 Å². The Labute approximate surface area is 117 Å². The van der Waals surface area contributed by atoms with Crippen molar-refractivity contribution in [2.75, 3.05) is 11.5 Å². The molecule has 2 aromatic rings. The van der Waals surface area contributed by atoms with Gasteiger partial charge < -0.3 is 5.73 Å². The van der Waals surface area contributed by atoms with Crippen molar-refractivity contribution in [1.29, 1.82) is 0 Å². The van der Waals surface area contributed by atoms with Crippen LogP contribution in [0.1, 0.15) is 5.56 Å². The molecule has 0 bridgehead atoms. The molecule has 2 rings (SSSR count). The highest BCUT2D eigenvalue weighted by Crippen LogP contribution is 2.22. The van der Waals surface area contributed by atoms with Crippen LogP contribution in [-0.4, -0.2) is 14.9 Å². The summed E-state index contributed by atoms with van der Waals surface area (Å²) < 4.78 is 13.1. The van der Waals surface area contributed by atoms with Crippen LogP contribution in [0.4, 0.5) is 5.69 Å². The van der Waals surface area contributed by atoms with Crippen molar-refractivity contribution in [2.45, 2.75) is 11.3 Å². The second-order valence-corrected chi connectivity index (χ2v) is 6.29. The zero-order valence-electron chi connectivity index (χ0n) is 9.67. The van der Waals surface area contributed by atoms with Gasteiger partial charge in [-0.2, -0.15) is 0 Å². The van der Waals surface area contributed by atoms with Crippen LogP contribution < -0.4 is 5.73 Å². The highest BCUT2D eigenvalue weighted by atomic mass is 79.9. The van der Waals surface area contributed by atoms with E-state index in [1.54, 1.807) is 18.5 Å². The Morgan fingerprint density at radius 1 is 1.22 bits per heavy atom. The van der Waals surface area contributed by atoms with E-state index in [0.29, 0.717) is 16.3 Å². The molecule has 3 nitrogen and oxygen atoms in total. The van der Waals surface area contributed by atoms with Gasteiger partial charge in [0.15, 0.2) is 0 Å². The number of pyridine rings is 1. The van der Waals surface area contributed by atoms with E-state index in [4.69, 9.17) is 5.73 Å². The van der Waals surface area contributed by atoms with Crippen LogP contribution in [0.2, 0.25) is 0 Å². The highest BCUT2D eigenvalue weighted by Gasteiger charge is 2.08. The van der Waals surface area contributed by atoms with Crippen LogP contribution >= 0.6 is 15.9 Å². The largest absolute Gasteiger partial charge is 0.398 e. The fourth-order valence-corrected chi connectivity index (χ4v) is 3.32. The molecule has 0 aliphatic carbocycles. The first kappa shape index (κ1) is 13.2. The molecule has 1 heterocycles. The highest BCUT2D eigenvalue weighted by molar-refractivity contribution is 9.10. The number of nitrogens with two attached hydrogens (primary N) is 1. The van der Waals surface area contributed by atoms with E-state index in [2.05, 4.69) is 20.9 Å². The van der Waals surface area contributed by atoms with E-state index < -0.39 is 10.8 Å². The summed E-state index contributed by atoms with van der Waals surface area (Å²) in [5, 5.41) is 0. The summed E-state index contributed by atoms with van der Waals surface area (Å²) >= 11 is 3.36. The SMILES string of the molecule is Nc1ccc(Br)cc1S(=O)CCc1ccncc1. The molecule has 0 radical (unpaired) electrons. The molecule has 0 aliphatic rings. The molecule has 18 heavy (non-hydrogen) atoms. The van der Waals surface area contributed by atoms with Crippen molar-refractivity contribution >= 4 is 32.4 Å². The minimum atomic E-state index is -1.08. The first-order valence-corrected chi connectivity index (χ1v) is 7.60. The third-order valence-electron chi connectivity index (χ3n) is 2.55. The fourth-order valence-electron chi connectivity index (χ4n) is 1.58. The number of anilines is 1. The summed E-state index contributed by atoms with van der Waals surface area (Å²) in [6, 6.07) is 9.30. The minimum Gasteiger partial charge on any atom is -0.398 e. The molecule has 0 saturated carbocycles. The number of benzene rings is 1. The Morgan fingerprint density at radius 2 is 1.94 bits per heavy atom. The first-order valence-electron chi connectivity index (χ1n) is 5.49. The predicted octanol–water partition coefficient (Wildman–Crippen LogP) is 2.78. The maximum Gasteiger partial charge on any atom is 0.0628 e. The van der Waals surface area contributed by atoms with Crippen LogP contribution in [0, 0.1) is 0 Å². The van der Waals surface area contributed by atoms with Crippen LogP contribution in [0.3, 0.4) is 0 Å². The number of nitrogens with zero attached hydrogens (tertiary/aromatic N) is 1. The summed E-state index contributed by atoms with van der Waals surface area (Å²) in [5.74, 6) is 0.560. The van der Waals surface area contributed by atoms with Gasteiger partial charge in [-0.25, -0.2) is 0 Å². The summed E-state index contributed by atoms with van der Waals surface area (Å²) in [6.45, 7) is 0. The molecular formula is C13H13BrN2OS. The number of hydrogen-bond donors (Lipinski definition) is 1. The standard InChI is InChI=1S/C13H13BrN2OS/c14-11-1-2-12(15)13(9-11)18(17)8-5-10-3-6-16-7-4-10/h1-4,6-7,9H,5,8,15H2. The zero-order chi connectivity index (χ0) is 13.0. The summed E-state index contributed by atoms with van der Waals surface area (Å²) in [5.41, 5.74) is 7.54. The average molecular weight is 325 g/mol. The normalized spacial score (nSPS) is 12.3. The number of halogens is 1. The predicted molar refractivity (Wildman–Crippen MR) is 77.8 cm³/mol. The molecule has 1 aromatic heterocycles. The Kier molecular flexibility index (Phi) is 4.49. The van der Waals surface area contributed by atoms with E-state index in [1.165, 1.54) is 0 Å². The average Bonchev–Trinajstić information content (AvgIpc) is 2.40. The number of aromatic nitrogens is 1. The second-order valence-electron chi connectivity index (χ2n) is 3.84. The number of hydrogen-bond acceptors (Lipinski definition) is 3. The lowest BCUT2D eigenvalue weighted by Crippen LogP contribution is -2.04. The van der Waals surface area contributed by atoms with Crippen LogP contribution in [0.5, 0.6) is 0 Å². The van der Waals surface area contributed by atoms with Crippen molar-refractivity contribution in [3.63, 3.8) is 0 Å². The molecule has 0 amide bonds. The Bertz CT molecular complexity index is 560. The Morgan fingerprint density at radius 3 is 2.67 bits per heavy atom. The van der Waals surface area contributed by atoms with Gasteiger partial charge in [0.2, 0.25) is 0 Å². The van der Waals surface area contributed by atoms with Crippen LogP contribution in [-0.2, 0) is 17.2 Å². The van der Waals surface area contributed by atoms with E-state index >= 15 is 0 Å². The fraction of sp³-hybridized carbons (Fsp3) is 0.154. The van der Waals surface area contributed by atoms with Gasteiger partial charge in [-0.15, -0.1) is 0 Å². The molecule has 0 spiro atoms. The maximum atomic E-state index is 12.2. The second kappa shape index (κ2) is 6.11. The molecule has 5 heteroatoms. The minimum absolute atomic E-state index is 0.560. The van der Waals surface area contributed by atoms with Crippen LogP contribution in [0.25, 0.3) is 0 Å². The molecule has 94 valence electrons. The van der Waals surface area contributed by atoms with E-state index in [9.17, 15) is 4.21 Å². The van der Waals surface area contributed by atoms with Crippen molar-refractivity contribution in [3.8, 4) is 0 Å². The molecular weight excluding hydrogens is 312 g/mol. The maximum absolute atomic E-state index is 12.2.